The van der Waals surface area contributed by atoms with Crippen LogP contribution < -0.4 is 5.73 Å². The number of fused-ring (bicyclic) bond motifs is 1. The van der Waals surface area contributed by atoms with Gasteiger partial charge in [0.15, 0.2) is 5.82 Å². The summed E-state index contributed by atoms with van der Waals surface area (Å²) < 4.78 is 5.44. The minimum Gasteiger partial charge on any atom is -0.390 e. The van der Waals surface area contributed by atoms with E-state index in [9.17, 15) is 0 Å². The lowest BCUT2D eigenvalue weighted by molar-refractivity contribution is 0.425. The molecule has 0 atom stereocenters. The number of anilines is 1. The molecule has 0 unspecified atom stereocenters. The normalized spacial score (nSPS) is 14.4. The fourth-order valence-corrected chi connectivity index (χ4v) is 4.43. The number of nitrogens with zero attached hydrogens (tertiary/aromatic N) is 2. The second-order valence-electron chi connectivity index (χ2n) is 5.02. The quantitative estimate of drug-likeness (QED) is 0.848. The van der Waals surface area contributed by atoms with Crippen LogP contribution in [0, 0.1) is 0 Å². The summed E-state index contributed by atoms with van der Waals surface area (Å²) in [7, 11) is 0. The molecule has 0 aromatic carbocycles. The van der Waals surface area contributed by atoms with Gasteiger partial charge in [0.2, 0.25) is 0 Å². The van der Waals surface area contributed by atoms with E-state index in [-0.39, 0.29) is 0 Å². The molecule has 6 heteroatoms. The molecular formula is C14H19N3OS2. The van der Waals surface area contributed by atoms with Gasteiger partial charge < -0.3 is 10.3 Å². The van der Waals surface area contributed by atoms with Gasteiger partial charge in [-0.25, -0.2) is 0 Å². The van der Waals surface area contributed by atoms with Gasteiger partial charge >= 0.3 is 0 Å². The number of hydrogen-bond donors (Lipinski definition) is 1. The van der Waals surface area contributed by atoms with Crippen LogP contribution in [0.15, 0.2) is 4.52 Å². The summed E-state index contributed by atoms with van der Waals surface area (Å²) in [5.41, 5.74) is 8.52. The standard InChI is InChI=1S/C14H19N3OS2/c1-2-7-19-8-11-16-14(18-17-11)12-9-5-3-4-6-10(9)20-13(12)15/h2-8,15H2,1H3. The summed E-state index contributed by atoms with van der Waals surface area (Å²) in [4.78, 5) is 5.93. The number of rotatable bonds is 5. The Morgan fingerprint density at radius 2 is 2.20 bits per heavy atom. The molecule has 0 aliphatic heterocycles. The van der Waals surface area contributed by atoms with Crippen molar-refractivity contribution >= 4 is 28.1 Å². The maximum Gasteiger partial charge on any atom is 0.261 e. The number of thioether (sulfide) groups is 1. The average Bonchev–Trinajstić information content (AvgIpc) is 3.02. The van der Waals surface area contributed by atoms with Crippen molar-refractivity contribution in [3.05, 3.63) is 16.3 Å². The number of nitrogen functional groups attached to an aromatic ring is 1. The third kappa shape index (κ3) is 2.72. The number of aryl methyl sites for hydroxylation is 1. The Morgan fingerprint density at radius 1 is 1.35 bits per heavy atom. The van der Waals surface area contributed by atoms with E-state index < -0.39 is 0 Å². The zero-order valence-corrected chi connectivity index (χ0v) is 13.3. The molecule has 0 amide bonds. The van der Waals surface area contributed by atoms with E-state index in [1.165, 1.54) is 29.7 Å². The van der Waals surface area contributed by atoms with Crippen molar-refractivity contribution in [3.63, 3.8) is 0 Å². The van der Waals surface area contributed by atoms with Gasteiger partial charge in [-0.05, 0) is 43.4 Å². The highest BCUT2D eigenvalue weighted by atomic mass is 32.2. The fourth-order valence-electron chi connectivity index (χ4n) is 2.54. The minimum atomic E-state index is 0.606. The zero-order chi connectivity index (χ0) is 13.9. The van der Waals surface area contributed by atoms with Crippen LogP contribution in [-0.4, -0.2) is 15.9 Å². The van der Waals surface area contributed by atoms with Gasteiger partial charge in [0.1, 0.15) is 0 Å². The zero-order valence-electron chi connectivity index (χ0n) is 11.6. The molecule has 0 spiro atoms. The Labute approximate surface area is 127 Å². The maximum absolute atomic E-state index is 6.17. The summed E-state index contributed by atoms with van der Waals surface area (Å²) in [5, 5.41) is 4.90. The van der Waals surface area contributed by atoms with Gasteiger partial charge in [-0.1, -0.05) is 12.1 Å². The summed E-state index contributed by atoms with van der Waals surface area (Å²) in [6.07, 6.45) is 5.87. The molecular weight excluding hydrogens is 290 g/mol. The first-order chi connectivity index (χ1) is 9.79. The lowest BCUT2D eigenvalue weighted by atomic mass is 9.95. The molecule has 0 fully saturated rings. The van der Waals surface area contributed by atoms with E-state index in [0.29, 0.717) is 5.89 Å². The van der Waals surface area contributed by atoms with Crippen molar-refractivity contribution in [2.75, 3.05) is 11.5 Å². The van der Waals surface area contributed by atoms with Crippen LogP contribution in [0.2, 0.25) is 0 Å². The SMILES string of the molecule is CCCSCc1noc(-c2c(N)sc3c2CCCC3)n1. The second kappa shape index (κ2) is 6.18. The highest BCUT2D eigenvalue weighted by Crippen LogP contribution is 2.41. The first kappa shape index (κ1) is 13.9. The van der Waals surface area contributed by atoms with Gasteiger partial charge in [0.25, 0.3) is 5.89 Å². The van der Waals surface area contributed by atoms with Crippen LogP contribution in [0.1, 0.15) is 42.5 Å². The lowest BCUT2D eigenvalue weighted by Crippen LogP contribution is -1.99. The highest BCUT2D eigenvalue weighted by molar-refractivity contribution is 7.98. The summed E-state index contributed by atoms with van der Waals surface area (Å²) in [6, 6.07) is 0. The van der Waals surface area contributed by atoms with Crippen LogP contribution in [-0.2, 0) is 18.6 Å². The van der Waals surface area contributed by atoms with Crippen molar-refractivity contribution in [2.45, 2.75) is 44.8 Å². The van der Waals surface area contributed by atoms with Crippen LogP contribution >= 0.6 is 23.1 Å². The highest BCUT2D eigenvalue weighted by Gasteiger charge is 2.24. The average molecular weight is 309 g/mol. The maximum atomic E-state index is 6.17. The van der Waals surface area contributed by atoms with Gasteiger partial charge in [-0.3, -0.25) is 0 Å². The number of thiophene rings is 1. The van der Waals surface area contributed by atoms with Crippen molar-refractivity contribution in [1.82, 2.24) is 10.1 Å². The topological polar surface area (TPSA) is 64.9 Å². The number of nitrogens with two attached hydrogens (primary N) is 1. The third-order valence-corrected chi connectivity index (χ3v) is 5.74. The molecule has 0 radical (unpaired) electrons. The van der Waals surface area contributed by atoms with E-state index in [4.69, 9.17) is 10.3 Å². The summed E-state index contributed by atoms with van der Waals surface area (Å²) in [6.45, 7) is 2.17. The van der Waals surface area contributed by atoms with E-state index in [1.807, 2.05) is 11.8 Å². The molecule has 0 saturated heterocycles. The van der Waals surface area contributed by atoms with Crippen LogP contribution in [0.25, 0.3) is 11.5 Å². The van der Waals surface area contributed by atoms with Crippen molar-refractivity contribution in [2.24, 2.45) is 0 Å². The Morgan fingerprint density at radius 3 is 3.05 bits per heavy atom. The summed E-state index contributed by atoms with van der Waals surface area (Å²) in [5.74, 6) is 3.31. The van der Waals surface area contributed by atoms with Crippen LogP contribution in [0.4, 0.5) is 5.00 Å². The molecule has 0 saturated carbocycles. The molecule has 4 nitrogen and oxygen atoms in total. The molecule has 3 rings (SSSR count). The van der Waals surface area contributed by atoms with E-state index in [0.717, 1.165) is 40.7 Å². The third-order valence-electron chi connectivity index (χ3n) is 3.46. The molecule has 1 aliphatic rings. The Hall–Kier alpha value is -1.01. The Balaban J connectivity index is 1.84. The fraction of sp³-hybridized carbons (Fsp3) is 0.571. The van der Waals surface area contributed by atoms with E-state index in [1.54, 1.807) is 11.3 Å². The predicted octanol–water partition coefficient (Wildman–Crippen LogP) is 3.90. The smallest absolute Gasteiger partial charge is 0.261 e. The van der Waals surface area contributed by atoms with Crippen molar-refractivity contribution < 1.29 is 4.52 Å². The largest absolute Gasteiger partial charge is 0.390 e. The predicted molar refractivity (Wildman–Crippen MR) is 85.1 cm³/mol. The minimum absolute atomic E-state index is 0.606. The van der Waals surface area contributed by atoms with E-state index in [2.05, 4.69) is 17.1 Å². The second-order valence-corrected chi connectivity index (χ2v) is 7.26. The van der Waals surface area contributed by atoms with Crippen molar-refractivity contribution in [3.8, 4) is 11.5 Å². The Kier molecular flexibility index (Phi) is 4.31. The van der Waals surface area contributed by atoms with Gasteiger partial charge in [0, 0.05) is 4.88 Å². The molecule has 2 N–H and O–H groups in total. The van der Waals surface area contributed by atoms with Crippen LogP contribution in [0.3, 0.4) is 0 Å². The van der Waals surface area contributed by atoms with Gasteiger partial charge in [-0.15, -0.1) is 11.3 Å². The van der Waals surface area contributed by atoms with E-state index >= 15 is 0 Å². The summed E-state index contributed by atoms with van der Waals surface area (Å²) >= 11 is 3.52. The Bertz CT molecular complexity index is 591. The molecule has 20 heavy (non-hydrogen) atoms. The monoisotopic (exact) mass is 309 g/mol. The molecule has 2 aromatic rings. The number of hydrogen-bond acceptors (Lipinski definition) is 6. The molecule has 2 aromatic heterocycles. The molecule has 108 valence electrons. The lowest BCUT2D eigenvalue weighted by Gasteiger charge is -2.10. The van der Waals surface area contributed by atoms with Crippen LogP contribution in [0.5, 0.6) is 0 Å². The molecule has 2 heterocycles. The molecule has 0 bridgehead atoms. The number of aromatic nitrogens is 2. The van der Waals surface area contributed by atoms with Gasteiger partial charge in [-0.2, -0.15) is 16.7 Å². The first-order valence-corrected chi connectivity index (χ1v) is 9.07. The molecule has 1 aliphatic carbocycles. The van der Waals surface area contributed by atoms with Crippen molar-refractivity contribution in [1.29, 1.82) is 0 Å². The van der Waals surface area contributed by atoms with Gasteiger partial charge in [0.05, 0.1) is 16.3 Å². The first-order valence-electron chi connectivity index (χ1n) is 7.10.